The zero-order chi connectivity index (χ0) is 21.5. The van der Waals surface area contributed by atoms with E-state index in [-0.39, 0.29) is 0 Å². The van der Waals surface area contributed by atoms with Crippen molar-refractivity contribution in [3.63, 3.8) is 0 Å². The molecule has 0 fully saturated rings. The lowest BCUT2D eigenvalue weighted by molar-refractivity contribution is 0.111. The third-order valence-corrected chi connectivity index (χ3v) is 6.66. The molecular weight excluding hydrogens is 392 g/mol. The Morgan fingerprint density at radius 2 is 1.97 bits per heavy atom. The standard InChI is InChI=1S/C16H18N2OS.C8H12N2/c1-12-16(9-15(11-19)17(12)2)20-18-8-7-13-5-3-4-6-14(13)10-18;1-7-3-4-10-6-8(7)5-9-2/h3-6,9,11H,7-8,10H2,1-2H3;3-4,6,9H,5H2,1-2H3. The first-order chi connectivity index (χ1) is 14.5. The quantitative estimate of drug-likeness (QED) is 0.490. The van der Waals surface area contributed by atoms with Crippen molar-refractivity contribution in [1.29, 1.82) is 0 Å². The van der Waals surface area contributed by atoms with Gasteiger partial charge in [0, 0.05) is 49.7 Å². The van der Waals surface area contributed by atoms with E-state index in [2.05, 4.69) is 52.7 Å². The summed E-state index contributed by atoms with van der Waals surface area (Å²) in [5, 5.41) is 3.08. The monoisotopic (exact) mass is 422 g/mol. The van der Waals surface area contributed by atoms with Crippen LogP contribution in [0.5, 0.6) is 0 Å². The highest BCUT2D eigenvalue weighted by atomic mass is 32.2. The van der Waals surface area contributed by atoms with Gasteiger partial charge >= 0.3 is 0 Å². The van der Waals surface area contributed by atoms with E-state index < -0.39 is 0 Å². The number of rotatable bonds is 5. The van der Waals surface area contributed by atoms with Gasteiger partial charge in [0.05, 0.1) is 5.69 Å². The first-order valence-corrected chi connectivity index (χ1v) is 11.0. The molecule has 0 saturated carbocycles. The molecule has 3 heterocycles. The van der Waals surface area contributed by atoms with Gasteiger partial charge in [-0.05, 0) is 73.7 Å². The molecule has 0 atom stereocenters. The minimum atomic E-state index is 0.738. The van der Waals surface area contributed by atoms with Crippen LogP contribution >= 0.6 is 11.9 Å². The van der Waals surface area contributed by atoms with Crippen LogP contribution in [0.25, 0.3) is 0 Å². The molecule has 0 spiro atoms. The van der Waals surface area contributed by atoms with Crippen molar-refractivity contribution in [3.05, 3.63) is 82.4 Å². The van der Waals surface area contributed by atoms with Gasteiger partial charge in [-0.3, -0.25) is 9.78 Å². The predicted molar refractivity (Wildman–Crippen MR) is 124 cm³/mol. The second-order valence-corrected chi connectivity index (χ2v) is 8.64. The fourth-order valence-electron chi connectivity index (χ4n) is 3.46. The molecule has 158 valence electrons. The first kappa shape index (κ1) is 22.3. The Hall–Kier alpha value is -2.41. The molecule has 30 heavy (non-hydrogen) atoms. The zero-order valence-electron chi connectivity index (χ0n) is 18.2. The summed E-state index contributed by atoms with van der Waals surface area (Å²) in [7, 11) is 3.88. The normalized spacial score (nSPS) is 13.3. The number of carbonyl (C=O) groups is 1. The number of aldehydes is 1. The maximum absolute atomic E-state index is 11.0. The van der Waals surface area contributed by atoms with Gasteiger partial charge in [0.1, 0.15) is 0 Å². The number of aromatic nitrogens is 2. The number of fused-ring (bicyclic) bond motifs is 1. The van der Waals surface area contributed by atoms with Crippen LogP contribution in [0.2, 0.25) is 0 Å². The Morgan fingerprint density at radius 3 is 2.63 bits per heavy atom. The molecule has 4 rings (SSSR count). The molecule has 1 N–H and O–H groups in total. The summed E-state index contributed by atoms with van der Waals surface area (Å²) < 4.78 is 4.33. The Morgan fingerprint density at radius 1 is 1.20 bits per heavy atom. The van der Waals surface area contributed by atoms with Gasteiger partial charge in [-0.1, -0.05) is 24.3 Å². The molecule has 1 aliphatic heterocycles. The van der Waals surface area contributed by atoms with E-state index in [9.17, 15) is 4.79 Å². The van der Waals surface area contributed by atoms with E-state index in [4.69, 9.17) is 0 Å². The number of pyridine rings is 1. The Labute approximate surface area is 183 Å². The van der Waals surface area contributed by atoms with Gasteiger partial charge in [-0.2, -0.15) is 0 Å². The SMILES string of the molecule is CNCc1cnccc1C.Cc1c(SN2CCc3ccccc3C2)cc(C=O)n1C. The van der Waals surface area contributed by atoms with Crippen LogP contribution in [0, 0.1) is 13.8 Å². The maximum Gasteiger partial charge on any atom is 0.166 e. The third kappa shape index (κ3) is 5.39. The topological polar surface area (TPSA) is 50.2 Å². The lowest BCUT2D eigenvalue weighted by Crippen LogP contribution is -2.24. The van der Waals surface area contributed by atoms with Gasteiger partial charge in [-0.25, -0.2) is 4.31 Å². The number of hydrogen-bond donors (Lipinski definition) is 1. The van der Waals surface area contributed by atoms with E-state index in [0.717, 1.165) is 43.7 Å². The molecule has 0 amide bonds. The van der Waals surface area contributed by atoms with Crippen molar-refractivity contribution in [2.24, 2.45) is 7.05 Å². The number of benzene rings is 1. The van der Waals surface area contributed by atoms with Gasteiger partial charge in [-0.15, -0.1) is 0 Å². The minimum Gasteiger partial charge on any atom is -0.345 e. The molecule has 1 aliphatic rings. The molecule has 0 aliphatic carbocycles. The van der Waals surface area contributed by atoms with Crippen LogP contribution in [-0.4, -0.2) is 33.7 Å². The van der Waals surface area contributed by atoms with Gasteiger partial charge in [0.15, 0.2) is 6.29 Å². The van der Waals surface area contributed by atoms with Crippen LogP contribution in [0.15, 0.2) is 53.7 Å². The second kappa shape index (κ2) is 10.6. The maximum atomic E-state index is 11.0. The molecule has 6 heteroatoms. The number of aryl methyl sites for hydroxylation is 1. The molecule has 2 aromatic heterocycles. The summed E-state index contributed by atoms with van der Waals surface area (Å²) in [6, 6.07) is 12.6. The molecule has 0 unspecified atom stereocenters. The average molecular weight is 423 g/mol. The second-order valence-electron chi connectivity index (χ2n) is 7.50. The molecule has 0 saturated heterocycles. The van der Waals surface area contributed by atoms with Crippen molar-refractivity contribution in [2.45, 2.75) is 38.3 Å². The van der Waals surface area contributed by atoms with Crippen molar-refractivity contribution in [3.8, 4) is 0 Å². The fraction of sp³-hybridized carbons (Fsp3) is 0.333. The van der Waals surface area contributed by atoms with Crippen LogP contribution in [0.3, 0.4) is 0 Å². The van der Waals surface area contributed by atoms with Crippen LogP contribution < -0.4 is 5.32 Å². The van der Waals surface area contributed by atoms with E-state index in [1.165, 1.54) is 27.1 Å². The van der Waals surface area contributed by atoms with Gasteiger partial charge < -0.3 is 9.88 Å². The fourth-order valence-corrected chi connectivity index (χ4v) is 4.57. The molecule has 5 nitrogen and oxygen atoms in total. The summed E-state index contributed by atoms with van der Waals surface area (Å²) in [5.74, 6) is 0. The Balaban J connectivity index is 0.000000216. The van der Waals surface area contributed by atoms with Crippen LogP contribution in [-0.2, 0) is 26.6 Å². The number of hydrogen-bond acceptors (Lipinski definition) is 5. The summed E-state index contributed by atoms with van der Waals surface area (Å²) in [6.07, 6.45) is 5.72. The van der Waals surface area contributed by atoms with Crippen molar-refractivity contribution in [1.82, 2.24) is 19.2 Å². The third-order valence-electron chi connectivity index (χ3n) is 5.48. The number of nitrogens with zero attached hydrogens (tertiary/aromatic N) is 3. The molecule has 0 radical (unpaired) electrons. The Kier molecular flexibility index (Phi) is 7.85. The smallest absolute Gasteiger partial charge is 0.166 e. The summed E-state index contributed by atoms with van der Waals surface area (Å²) >= 11 is 1.76. The zero-order valence-corrected chi connectivity index (χ0v) is 19.0. The van der Waals surface area contributed by atoms with Crippen molar-refractivity contribution >= 4 is 18.2 Å². The highest BCUT2D eigenvalue weighted by molar-refractivity contribution is 7.97. The number of nitrogens with one attached hydrogen (secondary N) is 1. The molecule has 0 bridgehead atoms. The molecule has 1 aromatic carbocycles. The van der Waals surface area contributed by atoms with Gasteiger partial charge in [0.2, 0.25) is 0 Å². The van der Waals surface area contributed by atoms with Crippen molar-refractivity contribution in [2.75, 3.05) is 13.6 Å². The first-order valence-electron chi connectivity index (χ1n) is 10.2. The van der Waals surface area contributed by atoms with E-state index in [1.807, 2.05) is 43.2 Å². The minimum absolute atomic E-state index is 0.738. The van der Waals surface area contributed by atoms with E-state index in [0.29, 0.717) is 0 Å². The van der Waals surface area contributed by atoms with Gasteiger partial charge in [0.25, 0.3) is 0 Å². The number of carbonyl (C=O) groups excluding carboxylic acids is 1. The Bertz CT molecular complexity index is 999. The van der Waals surface area contributed by atoms with Crippen LogP contribution in [0.4, 0.5) is 0 Å². The lowest BCUT2D eigenvalue weighted by Gasteiger charge is -2.27. The highest BCUT2D eigenvalue weighted by Gasteiger charge is 2.19. The van der Waals surface area contributed by atoms with Crippen LogP contribution in [0.1, 0.15) is 38.4 Å². The van der Waals surface area contributed by atoms with Crippen molar-refractivity contribution < 1.29 is 4.79 Å². The largest absolute Gasteiger partial charge is 0.345 e. The summed E-state index contributed by atoms with van der Waals surface area (Å²) in [5.41, 5.74) is 7.32. The van der Waals surface area contributed by atoms with E-state index >= 15 is 0 Å². The average Bonchev–Trinajstić information content (AvgIpc) is 3.04. The molecule has 3 aromatic rings. The summed E-state index contributed by atoms with van der Waals surface area (Å²) in [6.45, 7) is 7.07. The molecular formula is C24H30N4OS. The van der Waals surface area contributed by atoms with E-state index in [1.54, 1.807) is 11.9 Å². The highest BCUT2D eigenvalue weighted by Crippen LogP contribution is 2.32. The predicted octanol–water partition coefficient (Wildman–Crippen LogP) is 4.32. The lowest BCUT2D eigenvalue weighted by atomic mass is 10.0. The summed E-state index contributed by atoms with van der Waals surface area (Å²) in [4.78, 5) is 16.2.